The van der Waals surface area contributed by atoms with Crippen molar-refractivity contribution >= 4 is 17.5 Å². The molecule has 1 fully saturated rings. The van der Waals surface area contributed by atoms with Crippen LogP contribution in [0.4, 0.5) is 17.5 Å². The number of ether oxygens (including phenoxy) is 2. The van der Waals surface area contributed by atoms with Crippen molar-refractivity contribution in [1.82, 2.24) is 15.0 Å². The van der Waals surface area contributed by atoms with Crippen LogP contribution in [0.15, 0.2) is 39.9 Å². The number of aryl methyl sites for hydroxylation is 1. The number of nitrogen functional groups attached to an aromatic ring is 1. The maximum atomic E-state index is 7.59. The van der Waals surface area contributed by atoms with Gasteiger partial charge in [0, 0.05) is 6.61 Å². The number of hydrogen-bond acceptors (Lipinski definition) is 10. The molecule has 10 heteroatoms. The maximum Gasteiger partial charge on any atom is 0.222 e. The number of hydrogen-bond donors (Lipinski definition) is 3. The fourth-order valence-corrected chi connectivity index (χ4v) is 3.16. The van der Waals surface area contributed by atoms with Crippen LogP contribution in [0.25, 0.3) is 11.5 Å². The van der Waals surface area contributed by atoms with Gasteiger partial charge < -0.3 is 24.9 Å². The Morgan fingerprint density at radius 1 is 1.23 bits per heavy atom. The Labute approximate surface area is 173 Å². The molecule has 3 aromatic rings. The minimum Gasteiger partial charge on any atom is -0.460 e. The first kappa shape index (κ1) is 19.9. The second-order valence-corrected chi connectivity index (χ2v) is 6.92. The predicted octanol–water partition coefficient (Wildman–Crippen LogP) is 3.60. The van der Waals surface area contributed by atoms with E-state index in [4.69, 9.17) is 25.2 Å². The number of aromatic nitrogens is 3. The van der Waals surface area contributed by atoms with Crippen LogP contribution in [0.3, 0.4) is 0 Å². The van der Waals surface area contributed by atoms with Gasteiger partial charge in [0.1, 0.15) is 11.5 Å². The molecular formula is C20H23N7O3. The molecule has 0 amide bonds. The van der Waals surface area contributed by atoms with Gasteiger partial charge in [0.25, 0.3) is 0 Å². The van der Waals surface area contributed by atoms with E-state index < -0.39 is 0 Å². The van der Waals surface area contributed by atoms with E-state index in [2.05, 4.69) is 25.4 Å². The zero-order valence-electron chi connectivity index (χ0n) is 16.6. The van der Waals surface area contributed by atoms with Crippen molar-refractivity contribution in [3.8, 4) is 11.5 Å². The Bertz CT molecular complexity index is 1030. The SMILES string of the molecule is Cc1ccc(-c2nc(N)nc(NCc3cccc(COC4CCOC4)n3)c2N=N)o1. The number of rotatable bonds is 8. The molecule has 1 saturated heterocycles. The third-order valence-electron chi connectivity index (χ3n) is 4.64. The van der Waals surface area contributed by atoms with Gasteiger partial charge in [-0.2, -0.15) is 10.1 Å². The van der Waals surface area contributed by atoms with Crippen LogP contribution in [0, 0.1) is 12.5 Å². The van der Waals surface area contributed by atoms with Crippen molar-refractivity contribution in [3.05, 3.63) is 47.5 Å². The highest BCUT2D eigenvalue weighted by molar-refractivity contribution is 5.78. The average molecular weight is 409 g/mol. The van der Waals surface area contributed by atoms with Gasteiger partial charge in [0.05, 0.1) is 37.3 Å². The number of pyridine rings is 1. The molecule has 30 heavy (non-hydrogen) atoms. The standard InChI is InChI=1S/C20H23N7O3/c1-12-5-6-16(30-12)17-18(27-22)19(26-20(21)25-17)23-9-13-3-2-4-14(24-13)10-29-15-7-8-28-11-15/h2-6,15,22H,7-11H2,1H3,(H3,21,23,25,26). The molecule has 0 radical (unpaired) electrons. The molecular weight excluding hydrogens is 386 g/mol. The fraction of sp³-hybridized carbons (Fsp3) is 0.350. The van der Waals surface area contributed by atoms with E-state index in [9.17, 15) is 0 Å². The maximum absolute atomic E-state index is 7.59. The summed E-state index contributed by atoms with van der Waals surface area (Å²) in [6.45, 7) is 4.00. The van der Waals surface area contributed by atoms with Crippen LogP contribution in [-0.4, -0.2) is 34.3 Å². The molecule has 4 N–H and O–H groups in total. The first-order chi connectivity index (χ1) is 14.6. The van der Waals surface area contributed by atoms with Gasteiger partial charge in [-0.05, 0) is 37.6 Å². The van der Waals surface area contributed by atoms with E-state index in [0.717, 1.165) is 30.2 Å². The molecule has 4 rings (SSSR count). The Hall–Kier alpha value is -3.37. The Balaban J connectivity index is 1.48. The third kappa shape index (κ3) is 4.61. The lowest BCUT2D eigenvalue weighted by Gasteiger charge is -2.12. The molecule has 3 aromatic heterocycles. The molecule has 1 aliphatic rings. The predicted molar refractivity (Wildman–Crippen MR) is 109 cm³/mol. The molecule has 0 aromatic carbocycles. The zero-order chi connectivity index (χ0) is 20.9. The highest BCUT2D eigenvalue weighted by Crippen LogP contribution is 2.35. The molecule has 156 valence electrons. The number of furan rings is 1. The summed E-state index contributed by atoms with van der Waals surface area (Å²) in [6, 6.07) is 9.31. The Morgan fingerprint density at radius 2 is 2.10 bits per heavy atom. The Kier molecular flexibility index (Phi) is 5.96. The van der Waals surface area contributed by atoms with Gasteiger partial charge in [-0.15, -0.1) is 0 Å². The van der Waals surface area contributed by atoms with E-state index in [1.54, 1.807) is 6.07 Å². The molecule has 4 heterocycles. The Morgan fingerprint density at radius 3 is 2.83 bits per heavy atom. The van der Waals surface area contributed by atoms with Crippen LogP contribution in [-0.2, 0) is 22.6 Å². The van der Waals surface area contributed by atoms with Crippen LogP contribution in [0.2, 0.25) is 0 Å². The van der Waals surface area contributed by atoms with Crippen molar-refractivity contribution in [2.45, 2.75) is 32.6 Å². The minimum absolute atomic E-state index is 0.0582. The van der Waals surface area contributed by atoms with Gasteiger partial charge in [0.2, 0.25) is 5.95 Å². The van der Waals surface area contributed by atoms with Gasteiger partial charge >= 0.3 is 0 Å². The van der Waals surface area contributed by atoms with Crippen molar-refractivity contribution in [2.75, 3.05) is 24.3 Å². The lowest BCUT2D eigenvalue weighted by Crippen LogP contribution is -2.13. The van der Waals surface area contributed by atoms with E-state index in [-0.39, 0.29) is 17.7 Å². The molecule has 0 aliphatic carbocycles. The van der Waals surface area contributed by atoms with Crippen molar-refractivity contribution < 1.29 is 13.9 Å². The van der Waals surface area contributed by atoms with Crippen molar-refractivity contribution in [2.24, 2.45) is 5.11 Å². The van der Waals surface area contributed by atoms with Crippen LogP contribution < -0.4 is 11.1 Å². The number of nitrogens with zero attached hydrogens (tertiary/aromatic N) is 4. The minimum atomic E-state index is 0.0582. The molecule has 0 spiro atoms. The first-order valence-electron chi connectivity index (χ1n) is 9.62. The summed E-state index contributed by atoms with van der Waals surface area (Å²) in [5.74, 6) is 1.60. The summed E-state index contributed by atoms with van der Waals surface area (Å²) in [5, 5.41) is 6.75. The molecule has 10 nitrogen and oxygen atoms in total. The second kappa shape index (κ2) is 8.97. The summed E-state index contributed by atoms with van der Waals surface area (Å²) in [6.07, 6.45) is 1.04. The molecule has 1 aliphatic heterocycles. The highest BCUT2D eigenvalue weighted by atomic mass is 16.5. The molecule has 1 atom stereocenters. The van der Waals surface area contributed by atoms with Gasteiger partial charge in [-0.1, -0.05) is 6.07 Å². The molecule has 0 bridgehead atoms. The summed E-state index contributed by atoms with van der Waals surface area (Å²) < 4.78 is 16.8. The second-order valence-electron chi connectivity index (χ2n) is 6.92. The summed E-state index contributed by atoms with van der Waals surface area (Å²) in [4.78, 5) is 13.0. The van der Waals surface area contributed by atoms with Gasteiger partial charge in [-0.25, -0.2) is 10.5 Å². The quantitative estimate of drug-likeness (QED) is 0.479. The monoisotopic (exact) mass is 409 g/mol. The van der Waals surface area contributed by atoms with Gasteiger partial charge in [-0.3, -0.25) is 4.98 Å². The molecule has 1 unspecified atom stereocenters. The van der Waals surface area contributed by atoms with E-state index in [1.165, 1.54) is 0 Å². The number of nitrogens with one attached hydrogen (secondary N) is 2. The summed E-state index contributed by atoms with van der Waals surface area (Å²) >= 11 is 0. The fourth-order valence-electron chi connectivity index (χ4n) is 3.16. The average Bonchev–Trinajstić information content (AvgIpc) is 3.42. The number of nitrogens with two attached hydrogens (primary N) is 1. The van der Waals surface area contributed by atoms with Gasteiger partial charge in [0.15, 0.2) is 17.3 Å². The topological polar surface area (TPSA) is 145 Å². The van der Waals surface area contributed by atoms with Crippen LogP contribution in [0.1, 0.15) is 23.6 Å². The van der Waals surface area contributed by atoms with E-state index in [1.807, 2.05) is 31.2 Å². The van der Waals surface area contributed by atoms with Crippen LogP contribution >= 0.6 is 0 Å². The zero-order valence-corrected chi connectivity index (χ0v) is 16.6. The highest BCUT2D eigenvalue weighted by Gasteiger charge is 2.18. The molecule has 0 saturated carbocycles. The largest absolute Gasteiger partial charge is 0.460 e. The summed E-state index contributed by atoms with van der Waals surface area (Å²) in [5.41, 5.74) is 15.7. The van der Waals surface area contributed by atoms with E-state index in [0.29, 0.717) is 37.0 Å². The van der Waals surface area contributed by atoms with Crippen molar-refractivity contribution in [1.29, 1.82) is 5.53 Å². The number of anilines is 2. The van der Waals surface area contributed by atoms with Crippen molar-refractivity contribution in [3.63, 3.8) is 0 Å². The normalized spacial score (nSPS) is 16.0. The lowest BCUT2D eigenvalue weighted by atomic mass is 10.2. The lowest BCUT2D eigenvalue weighted by molar-refractivity contribution is 0.0301. The van der Waals surface area contributed by atoms with Crippen LogP contribution in [0.5, 0.6) is 0 Å². The third-order valence-corrected chi connectivity index (χ3v) is 4.64. The summed E-state index contributed by atoms with van der Waals surface area (Å²) in [7, 11) is 0. The smallest absolute Gasteiger partial charge is 0.222 e. The first-order valence-corrected chi connectivity index (χ1v) is 9.62. The van der Waals surface area contributed by atoms with E-state index >= 15 is 0 Å².